The van der Waals surface area contributed by atoms with Crippen molar-refractivity contribution in [3.05, 3.63) is 23.8 Å². The summed E-state index contributed by atoms with van der Waals surface area (Å²) in [7, 11) is 0. The first-order valence-electron chi connectivity index (χ1n) is 6.04. The lowest BCUT2D eigenvalue weighted by Gasteiger charge is -2.37. The molecule has 0 spiro atoms. The standard InChI is InChI=1S/C13H18N2O/c14-12-3-4-13-11(6-12)2-1-5-15(13)7-10-8-16-9-10/h3-4,6,10H,1-2,5,7-9,14H2. The van der Waals surface area contributed by atoms with Gasteiger partial charge >= 0.3 is 0 Å². The molecule has 0 radical (unpaired) electrons. The molecule has 2 aliphatic rings. The predicted octanol–water partition coefficient (Wildman–Crippen LogP) is 1.67. The molecule has 2 heterocycles. The maximum absolute atomic E-state index is 5.83. The summed E-state index contributed by atoms with van der Waals surface area (Å²) in [5.41, 5.74) is 9.50. The summed E-state index contributed by atoms with van der Waals surface area (Å²) in [6, 6.07) is 6.30. The highest BCUT2D eigenvalue weighted by Crippen LogP contribution is 2.30. The van der Waals surface area contributed by atoms with Gasteiger partial charge in [-0.1, -0.05) is 0 Å². The molecule has 0 amide bonds. The van der Waals surface area contributed by atoms with E-state index in [4.69, 9.17) is 10.5 Å². The second-order valence-corrected chi connectivity index (χ2v) is 4.84. The molecule has 0 saturated carbocycles. The molecular formula is C13H18N2O. The van der Waals surface area contributed by atoms with E-state index in [-0.39, 0.29) is 0 Å². The van der Waals surface area contributed by atoms with Gasteiger partial charge in [0, 0.05) is 30.4 Å². The van der Waals surface area contributed by atoms with Gasteiger partial charge in [-0.2, -0.15) is 0 Å². The fraction of sp³-hybridized carbons (Fsp3) is 0.538. The first-order chi connectivity index (χ1) is 7.83. The quantitative estimate of drug-likeness (QED) is 0.767. The lowest BCUT2D eigenvalue weighted by Crippen LogP contribution is -2.41. The van der Waals surface area contributed by atoms with E-state index in [1.165, 1.54) is 24.2 Å². The third-order valence-electron chi connectivity index (χ3n) is 3.50. The molecule has 16 heavy (non-hydrogen) atoms. The molecule has 1 saturated heterocycles. The lowest BCUT2D eigenvalue weighted by molar-refractivity contribution is -0.0277. The molecular weight excluding hydrogens is 200 g/mol. The second-order valence-electron chi connectivity index (χ2n) is 4.84. The SMILES string of the molecule is Nc1ccc2c(c1)CCCN2CC1COC1. The second kappa shape index (κ2) is 3.98. The minimum atomic E-state index is 0.725. The van der Waals surface area contributed by atoms with Crippen LogP contribution in [-0.2, 0) is 11.2 Å². The normalized spacial score (nSPS) is 20.4. The van der Waals surface area contributed by atoms with Gasteiger partial charge in [-0.15, -0.1) is 0 Å². The highest BCUT2D eigenvalue weighted by Gasteiger charge is 2.24. The third kappa shape index (κ3) is 1.76. The van der Waals surface area contributed by atoms with Gasteiger partial charge in [0.25, 0.3) is 0 Å². The van der Waals surface area contributed by atoms with Crippen molar-refractivity contribution in [3.63, 3.8) is 0 Å². The first-order valence-corrected chi connectivity index (χ1v) is 6.04. The Morgan fingerprint density at radius 2 is 2.25 bits per heavy atom. The summed E-state index contributed by atoms with van der Waals surface area (Å²) >= 11 is 0. The Kier molecular flexibility index (Phi) is 2.48. The average molecular weight is 218 g/mol. The summed E-state index contributed by atoms with van der Waals surface area (Å²) in [6.07, 6.45) is 2.40. The van der Waals surface area contributed by atoms with E-state index in [2.05, 4.69) is 17.0 Å². The number of nitrogens with zero attached hydrogens (tertiary/aromatic N) is 1. The van der Waals surface area contributed by atoms with Crippen LogP contribution >= 0.6 is 0 Å². The molecule has 3 nitrogen and oxygen atoms in total. The molecule has 0 aliphatic carbocycles. The molecule has 3 rings (SSSR count). The van der Waals surface area contributed by atoms with Crippen LogP contribution in [0.4, 0.5) is 11.4 Å². The van der Waals surface area contributed by atoms with Crippen LogP contribution in [0.1, 0.15) is 12.0 Å². The number of nitrogen functional groups attached to an aromatic ring is 1. The van der Waals surface area contributed by atoms with Crippen molar-refractivity contribution in [2.75, 3.05) is 36.9 Å². The van der Waals surface area contributed by atoms with Crippen molar-refractivity contribution in [3.8, 4) is 0 Å². The molecule has 86 valence electrons. The predicted molar refractivity (Wildman–Crippen MR) is 65.7 cm³/mol. The van der Waals surface area contributed by atoms with E-state index >= 15 is 0 Å². The highest BCUT2D eigenvalue weighted by molar-refractivity contribution is 5.61. The van der Waals surface area contributed by atoms with E-state index in [0.717, 1.165) is 37.8 Å². The molecule has 0 unspecified atom stereocenters. The summed E-state index contributed by atoms with van der Waals surface area (Å²) in [6.45, 7) is 4.17. The number of benzene rings is 1. The minimum Gasteiger partial charge on any atom is -0.399 e. The summed E-state index contributed by atoms with van der Waals surface area (Å²) < 4.78 is 5.24. The van der Waals surface area contributed by atoms with E-state index in [1.54, 1.807) is 0 Å². The Balaban J connectivity index is 1.81. The summed E-state index contributed by atoms with van der Waals surface area (Å²) in [5, 5.41) is 0. The zero-order valence-electron chi connectivity index (χ0n) is 9.48. The molecule has 0 bridgehead atoms. The summed E-state index contributed by atoms with van der Waals surface area (Å²) in [4.78, 5) is 2.49. The van der Waals surface area contributed by atoms with Crippen molar-refractivity contribution in [1.29, 1.82) is 0 Å². The van der Waals surface area contributed by atoms with Gasteiger partial charge in [0.1, 0.15) is 0 Å². The number of hydrogen-bond donors (Lipinski definition) is 1. The molecule has 1 aromatic carbocycles. The van der Waals surface area contributed by atoms with Crippen LogP contribution in [0.25, 0.3) is 0 Å². The average Bonchev–Trinajstić information content (AvgIpc) is 2.23. The topological polar surface area (TPSA) is 38.5 Å². The highest BCUT2D eigenvalue weighted by atomic mass is 16.5. The number of fused-ring (bicyclic) bond motifs is 1. The minimum absolute atomic E-state index is 0.725. The number of aryl methyl sites for hydroxylation is 1. The van der Waals surface area contributed by atoms with Crippen LogP contribution in [0, 0.1) is 5.92 Å². The Hall–Kier alpha value is -1.22. The molecule has 3 heteroatoms. The van der Waals surface area contributed by atoms with Crippen molar-refractivity contribution in [2.24, 2.45) is 5.92 Å². The van der Waals surface area contributed by atoms with Crippen molar-refractivity contribution in [2.45, 2.75) is 12.8 Å². The van der Waals surface area contributed by atoms with Gasteiger partial charge < -0.3 is 15.4 Å². The lowest BCUT2D eigenvalue weighted by atomic mass is 9.99. The fourth-order valence-electron chi connectivity index (χ4n) is 2.59. The van der Waals surface area contributed by atoms with Gasteiger partial charge in [0.2, 0.25) is 0 Å². The number of anilines is 2. The molecule has 2 aliphatic heterocycles. The zero-order chi connectivity index (χ0) is 11.0. The van der Waals surface area contributed by atoms with Crippen LogP contribution in [0.3, 0.4) is 0 Å². The fourth-order valence-corrected chi connectivity index (χ4v) is 2.59. The smallest absolute Gasteiger partial charge is 0.0533 e. The van der Waals surface area contributed by atoms with Crippen molar-refractivity contribution in [1.82, 2.24) is 0 Å². The molecule has 1 fully saturated rings. The molecule has 0 atom stereocenters. The van der Waals surface area contributed by atoms with Crippen molar-refractivity contribution >= 4 is 11.4 Å². The Morgan fingerprint density at radius 1 is 1.38 bits per heavy atom. The monoisotopic (exact) mass is 218 g/mol. The van der Waals surface area contributed by atoms with Gasteiger partial charge in [-0.3, -0.25) is 0 Å². The Morgan fingerprint density at radius 3 is 3.00 bits per heavy atom. The molecule has 2 N–H and O–H groups in total. The number of nitrogens with two attached hydrogens (primary N) is 1. The Bertz CT molecular complexity index is 388. The van der Waals surface area contributed by atoms with Gasteiger partial charge in [0.15, 0.2) is 0 Å². The zero-order valence-corrected chi connectivity index (χ0v) is 9.48. The van der Waals surface area contributed by atoms with E-state index < -0.39 is 0 Å². The maximum Gasteiger partial charge on any atom is 0.0533 e. The Labute approximate surface area is 96.2 Å². The van der Waals surface area contributed by atoms with Crippen LogP contribution in [0.2, 0.25) is 0 Å². The molecule has 1 aromatic rings. The molecule has 0 aromatic heterocycles. The number of rotatable bonds is 2. The van der Waals surface area contributed by atoms with Gasteiger partial charge in [0.05, 0.1) is 13.2 Å². The maximum atomic E-state index is 5.83. The van der Waals surface area contributed by atoms with Crippen molar-refractivity contribution < 1.29 is 4.74 Å². The van der Waals surface area contributed by atoms with Crippen LogP contribution < -0.4 is 10.6 Å². The van der Waals surface area contributed by atoms with E-state index in [0.29, 0.717) is 0 Å². The van der Waals surface area contributed by atoms with Crippen LogP contribution in [0.5, 0.6) is 0 Å². The third-order valence-corrected chi connectivity index (χ3v) is 3.50. The number of ether oxygens (including phenoxy) is 1. The van der Waals surface area contributed by atoms with Gasteiger partial charge in [-0.25, -0.2) is 0 Å². The van der Waals surface area contributed by atoms with E-state index in [9.17, 15) is 0 Å². The number of hydrogen-bond acceptors (Lipinski definition) is 3. The van der Waals surface area contributed by atoms with Crippen LogP contribution in [-0.4, -0.2) is 26.3 Å². The van der Waals surface area contributed by atoms with Gasteiger partial charge in [-0.05, 0) is 36.6 Å². The van der Waals surface area contributed by atoms with E-state index in [1.807, 2.05) is 6.07 Å². The largest absolute Gasteiger partial charge is 0.399 e. The van der Waals surface area contributed by atoms with Crippen LogP contribution in [0.15, 0.2) is 18.2 Å². The summed E-state index contributed by atoms with van der Waals surface area (Å²) in [5.74, 6) is 0.725. The first kappa shape index (κ1) is 9.97.